The van der Waals surface area contributed by atoms with Crippen LogP contribution in [0, 0.1) is 17.2 Å². The molecule has 202 valence electrons. The summed E-state index contributed by atoms with van der Waals surface area (Å²) in [4.78, 5) is 28.2. The van der Waals surface area contributed by atoms with Gasteiger partial charge in [-0.05, 0) is 81.2 Å². The van der Waals surface area contributed by atoms with Crippen molar-refractivity contribution in [2.75, 3.05) is 26.7 Å². The SMILES string of the molecule is CCC(c1cccc(-c2ncc(OCC3CCN(C)CC3)cn2)c1)n1c(=O)ccc2c3cc(C#N)ccc3[nH]c21. The first-order valence-corrected chi connectivity index (χ1v) is 13.8. The van der Waals surface area contributed by atoms with E-state index in [4.69, 9.17) is 4.74 Å². The molecule has 1 fully saturated rings. The predicted molar refractivity (Wildman–Crippen MR) is 156 cm³/mol. The number of likely N-dealkylation sites (tertiary alicyclic amines) is 1. The number of nitrogens with zero attached hydrogens (tertiary/aromatic N) is 5. The second kappa shape index (κ2) is 10.9. The van der Waals surface area contributed by atoms with Gasteiger partial charge in [-0.25, -0.2) is 9.97 Å². The standard InChI is InChI=1S/C32H32N6O2/c1-3-29(38-30(39)10-8-26-27-15-22(17-33)7-9-28(27)36-32(26)38)23-5-4-6-24(16-23)31-34-18-25(19-35-31)40-20-21-11-13-37(2)14-12-21/h4-10,15-16,18-19,21,29,36H,3,11-14,20H2,1-2H3. The summed E-state index contributed by atoms with van der Waals surface area (Å²) in [7, 11) is 2.16. The summed E-state index contributed by atoms with van der Waals surface area (Å²) in [5, 5.41) is 11.2. The minimum absolute atomic E-state index is 0.0841. The summed E-state index contributed by atoms with van der Waals surface area (Å²) in [6.07, 6.45) is 6.50. The van der Waals surface area contributed by atoms with Crippen molar-refractivity contribution in [3.8, 4) is 23.2 Å². The normalized spacial score (nSPS) is 15.3. The van der Waals surface area contributed by atoms with Crippen LogP contribution >= 0.6 is 0 Å². The summed E-state index contributed by atoms with van der Waals surface area (Å²) in [5.74, 6) is 1.86. The molecule has 0 spiro atoms. The number of ether oxygens (including phenoxy) is 1. The van der Waals surface area contributed by atoms with Crippen molar-refractivity contribution in [3.63, 3.8) is 0 Å². The number of nitriles is 1. The third kappa shape index (κ3) is 4.96. The van der Waals surface area contributed by atoms with Crippen molar-refractivity contribution in [2.45, 2.75) is 32.2 Å². The number of aromatic nitrogens is 4. The smallest absolute Gasteiger partial charge is 0.252 e. The number of hydrogen-bond acceptors (Lipinski definition) is 6. The minimum atomic E-state index is -0.197. The molecule has 5 aromatic rings. The Morgan fingerprint density at radius 3 is 2.62 bits per heavy atom. The van der Waals surface area contributed by atoms with E-state index < -0.39 is 0 Å². The fraction of sp³-hybridized carbons (Fsp3) is 0.312. The molecule has 1 atom stereocenters. The maximum Gasteiger partial charge on any atom is 0.252 e. The molecule has 0 saturated carbocycles. The molecule has 2 aromatic carbocycles. The third-order valence-corrected chi connectivity index (χ3v) is 8.00. The summed E-state index contributed by atoms with van der Waals surface area (Å²) in [6, 6.07) is 19.1. The molecule has 4 heterocycles. The van der Waals surface area contributed by atoms with Gasteiger partial charge in [0.15, 0.2) is 11.6 Å². The summed E-state index contributed by atoms with van der Waals surface area (Å²) in [5.41, 5.74) is 4.02. The van der Waals surface area contributed by atoms with E-state index in [9.17, 15) is 10.1 Å². The van der Waals surface area contributed by atoms with Crippen LogP contribution in [0.3, 0.4) is 0 Å². The lowest BCUT2D eigenvalue weighted by atomic mass is 9.98. The van der Waals surface area contributed by atoms with Crippen molar-refractivity contribution in [1.82, 2.24) is 24.4 Å². The number of aromatic amines is 1. The Bertz CT molecular complexity index is 1760. The van der Waals surface area contributed by atoms with Crippen LogP contribution < -0.4 is 10.3 Å². The Morgan fingerprint density at radius 1 is 1.07 bits per heavy atom. The second-order valence-electron chi connectivity index (χ2n) is 10.7. The Hall–Kier alpha value is -4.48. The van der Waals surface area contributed by atoms with E-state index in [2.05, 4.69) is 46.0 Å². The van der Waals surface area contributed by atoms with Gasteiger partial charge in [0.2, 0.25) is 0 Å². The summed E-state index contributed by atoms with van der Waals surface area (Å²) in [6.45, 7) is 4.99. The van der Waals surface area contributed by atoms with Gasteiger partial charge in [0, 0.05) is 27.9 Å². The van der Waals surface area contributed by atoms with Gasteiger partial charge in [-0.3, -0.25) is 9.36 Å². The molecule has 0 amide bonds. The average Bonchev–Trinajstić information content (AvgIpc) is 3.36. The van der Waals surface area contributed by atoms with Gasteiger partial charge in [-0.1, -0.05) is 25.1 Å². The Morgan fingerprint density at radius 2 is 1.88 bits per heavy atom. The van der Waals surface area contributed by atoms with Crippen LogP contribution in [0.4, 0.5) is 0 Å². The zero-order valence-electron chi connectivity index (χ0n) is 22.8. The quantitative estimate of drug-likeness (QED) is 0.296. The molecule has 1 aliphatic rings. The number of rotatable bonds is 7. The predicted octanol–water partition coefficient (Wildman–Crippen LogP) is 5.53. The molecule has 1 unspecified atom stereocenters. The first-order valence-electron chi connectivity index (χ1n) is 13.8. The van der Waals surface area contributed by atoms with E-state index >= 15 is 0 Å². The van der Waals surface area contributed by atoms with Crippen LogP contribution in [0.15, 0.2) is 71.8 Å². The maximum absolute atomic E-state index is 13.2. The fourth-order valence-electron chi connectivity index (χ4n) is 5.72. The summed E-state index contributed by atoms with van der Waals surface area (Å²) >= 11 is 0. The molecule has 6 rings (SSSR count). The molecule has 1 N–H and O–H groups in total. The lowest BCUT2D eigenvalue weighted by molar-refractivity contribution is 0.159. The van der Waals surface area contributed by atoms with E-state index in [0.29, 0.717) is 36.1 Å². The molecule has 1 saturated heterocycles. The molecule has 0 radical (unpaired) electrons. The maximum atomic E-state index is 13.2. The Kier molecular flexibility index (Phi) is 7.06. The third-order valence-electron chi connectivity index (χ3n) is 8.00. The van der Waals surface area contributed by atoms with Crippen LogP contribution in [0.1, 0.15) is 43.4 Å². The molecule has 8 nitrogen and oxygen atoms in total. The number of fused-ring (bicyclic) bond motifs is 3. The number of nitrogens with one attached hydrogen (secondary N) is 1. The largest absolute Gasteiger partial charge is 0.490 e. The number of hydrogen-bond donors (Lipinski definition) is 1. The van der Waals surface area contributed by atoms with Crippen molar-refractivity contribution in [3.05, 3.63) is 88.5 Å². The molecule has 1 aliphatic heterocycles. The van der Waals surface area contributed by atoms with Crippen LogP contribution in [0.25, 0.3) is 33.3 Å². The first-order chi connectivity index (χ1) is 19.5. The lowest BCUT2D eigenvalue weighted by Crippen LogP contribution is -2.32. The lowest BCUT2D eigenvalue weighted by Gasteiger charge is -2.28. The van der Waals surface area contributed by atoms with Gasteiger partial charge in [0.05, 0.1) is 36.7 Å². The number of H-pyrrole nitrogens is 1. The average molecular weight is 533 g/mol. The van der Waals surface area contributed by atoms with Gasteiger partial charge in [0.1, 0.15) is 5.65 Å². The van der Waals surface area contributed by atoms with Crippen molar-refractivity contribution < 1.29 is 4.74 Å². The highest BCUT2D eigenvalue weighted by atomic mass is 16.5. The molecule has 3 aromatic heterocycles. The molecular formula is C32H32N6O2. The van der Waals surface area contributed by atoms with Gasteiger partial charge < -0.3 is 14.6 Å². The van der Waals surface area contributed by atoms with Crippen LogP contribution in [0.2, 0.25) is 0 Å². The highest BCUT2D eigenvalue weighted by molar-refractivity contribution is 6.06. The highest BCUT2D eigenvalue weighted by Gasteiger charge is 2.20. The van der Waals surface area contributed by atoms with E-state index in [1.165, 1.54) is 0 Å². The molecule has 0 aliphatic carbocycles. The van der Waals surface area contributed by atoms with Crippen LogP contribution in [-0.4, -0.2) is 51.2 Å². The molecule has 40 heavy (non-hydrogen) atoms. The molecule has 8 heteroatoms. The van der Waals surface area contributed by atoms with Gasteiger partial charge in [-0.2, -0.15) is 5.26 Å². The van der Waals surface area contributed by atoms with E-state index in [1.807, 2.05) is 41.0 Å². The van der Waals surface area contributed by atoms with Gasteiger partial charge >= 0.3 is 0 Å². The minimum Gasteiger partial charge on any atom is -0.490 e. The number of pyridine rings is 1. The van der Waals surface area contributed by atoms with Crippen molar-refractivity contribution in [2.24, 2.45) is 5.92 Å². The highest BCUT2D eigenvalue weighted by Crippen LogP contribution is 2.31. The van der Waals surface area contributed by atoms with Gasteiger partial charge in [0.25, 0.3) is 5.56 Å². The van der Waals surface area contributed by atoms with E-state index in [1.54, 1.807) is 24.5 Å². The molecule has 0 bridgehead atoms. The van der Waals surface area contributed by atoms with Crippen LogP contribution in [-0.2, 0) is 0 Å². The van der Waals surface area contributed by atoms with E-state index in [-0.39, 0.29) is 11.6 Å². The summed E-state index contributed by atoms with van der Waals surface area (Å²) < 4.78 is 7.82. The van der Waals surface area contributed by atoms with Crippen molar-refractivity contribution in [1.29, 1.82) is 5.26 Å². The monoisotopic (exact) mass is 532 g/mol. The number of piperidine rings is 1. The number of benzene rings is 2. The second-order valence-corrected chi connectivity index (χ2v) is 10.7. The first kappa shape index (κ1) is 25.8. The fourth-order valence-corrected chi connectivity index (χ4v) is 5.72. The van der Waals surface area contributed by atoms with Gasteiger partial charge in [-0.15, -0.1) is 0 Å². The topological polar surface area (TPSA) is 99.8 Å². The van der Waals surface area contributed by atoms with Crippen LogP contribution in [0.5, 0.6) is 5.75 Å². The molecular weight excluding hydrogens is 500 g/mol. The zero-order chi connectivity index (χ0) is 27.6. The van der Waals surface area contributed by atoms with E-state index in [0.717, 1.165) is 59.0 Å². The van der Waals surface area contributed by atoms with Crippen molar-refractivity contribution >= 4 is 21.9 Å². The Labute approximate surface area is 232 Å². The zero-order valence-corrected chi connectivity index (χ0v) is 22.8. The Balaban J connectivity index is 1.28.